The zero-order valence-corrected chi connectivity index (χ0v) is 15.8. The van der Waals surface area contributed by atoms with Crippen LogP contribution >= 0.6 is 11.6 Å². The molecule has 4 aromatic rings. The van der Waals surface area contributed by atoms with Gasteiger partial charge in [-0.25, -0.2) is 14.6 Å². The quantitative estimate of drug-likeness (QED) is 0.554. The molecule has 140 valence electrons. The molecule has 0 aliphatic carbocycles. The van der Waals surface area contributed by atoms with E-state index in [0.29, 0.717) is 40.5 Å². The molecule has 0 fully saturated rings. The molecule has 2 N–H and O–H groups in total. The third-order valence-electron chi connectivity index (χ3n) is 4.08. The van der Waals surface area contributed by atoms with E-state index in [1.54, 1.807) is 36.3 Å². The summed E-state index contributed by atoms with van der Waals surface area (Å²) in [5, 5.41) is 4.96. The summed E-state index contributed by atoms with van der Waals surface area (Å²) in [6.07, 6.45) is 3.38. The number of aromatic nitrogens is 5. The summed E-state index contributed by atoms with van der Waals surface area (Å²) in [5.74, 6) is 1.57. The van der Waals surface area contributed by atoms with E-state index in [9.17, 15) is 0 Å². The molecule has 2 aromatic carbocycles. The fraction of sp³-hybridized carbons (Fsp3) is 0.100. The van der Waals surface area contributed by atoms with Crippen molar-refractivity contribution in [2.75, 3.05) is 0 Å². The van der Waals surface area contributed by atoms with Crippen molar-refractivity contribution >= 4 is 11.6 Å². The van der Waals surface area contributed by atoms with Crippen LogP contribution in [-0.4, -0.2) is 24.7 Å². The lowest BCUT2D eigenvalue weighted by Gasteiger charge is -2.10. The fourth-order valence-electron chi connectivity index (χ4n) is 2.63. The van der Waals surface area contributed by atoms with Crippen LogP contribution < -0.4 is 10.5 Å². The molecule has 8 heteroatoms. The number of rotatable bonds is 5. The Kier molecular flexibility index (Phi) is 5.01. The Morgan fingerprint density at radius 3 is 2.50 bits per heavy atom. The molecule has 7 nitrogen and oxygen atoms in total. The van der Waals surface area contributed by atoms with Gasteiger partial charge in [0.15, 0.2) is 11.6 Å². The third-order valence-corrected chi connectivity index (χ3v) is 4.32. The predicted molar refractivity (Wildman–Crippen MR) is 107 cm³/mol. The number of hydrogen-bond donors (Lipinski definition) is 1. The zero-order chi connectivity index (χ0) is 19.5. The summed E-state index contributed by atoms with van der Waals surface area (Å²) in [6.45, 7) is 0.380. The van der Waals surface area contributed by atoms with Crippen LogP contribution in [0.15, 0.2) is 60.9 Å². The Balaban J connectivity index is 1.70. The molecule has 0 saturated heterocycles. The molecular formula is C20H17ClN6O. The highest BCUT2D eigenvalue weighted by molar-refractivity contribution is 6.30. The van der Waals surface area contributed by atoms with Crippen LogP contribution in [-0.2, 0) is 13.6 Å². The standard InChI is InChI=1S/C20H17ClN6O/c1-27-20(25-18(26-27)14-5-3-2-4-6-14)28-17-9-15(21)7-8-16(17)19-23-11-13(10-22)12-24-19/h2-9,11-12H,10,22H2,1H3. The molecular weight excluding hydrogens is 376 g/mol. The van der Waals surface area contributed by atoms with Crippen LogP contribution in [0.4, 0.5) is 0 Å². The third kappa shape index (κ3) is 3.71. The Bertz CT molecular complexity index is 1100. The van der Waals surface area contributed by atoms with E-state index in [4.69, 9.17) is 22.1 Å². The van der Waals surface area contributed by atoms with Crippen molar-refractivity contribution in [3.05, 3.63) is 71.5 Å². The normalized spacial score (nSPS) is 10.8. The van der Waals surface area contributed by atoms with E-state index in [1.807, 2.05) is 36.4 Å². The largest absolute Gasteiger partial charge is 0.424 e. The topological polar surface area (TPSA) is 91.7 Å². The highest BCUT2D eigenvalue weighted by Gasteiger charge is 2.16. The van der Waals surface area contributed by atoms with Crippen molar-refractivity contribution in [2.45, 2.75) is 6.54 Å². The molecule has 0 saturated carbocycles. The summed E-state index contributed by atoms with van der Waals surface area (Å²) in [4.78, 5) is 13.2. The summed E-state index contributed by atoms with van der Waals surface area (Å²) in [6, 6.07) is 15.3. The number of halogens is 1. The van der Waals surface area contributed by atoms with Gasteiger partial charge in [-0.1, -0.05) is 41.9 Å². The SMILES string of the molecule is Cn1nc(-c2ccccc2)nc1Oc1cc(Cl)ccc1-c1ncc(CN)cn1. The summed E-state index contributed by atoms with van der Waals surface area (Å²) >= 11 is 6.18. The molecule has 0 amide bonds. The van der Waals surface area contributed by atoms with Crippen molar-refractivity contribution in [1.82, 2.24) is 24.7 Å². The van der Waals surface area contributed by atoms with E-state index in [1.165, 1.54) is 0 Å². The second-order valence-corrected chi connectivity index (χ2v) is 6.51. The predicted octanol–water partition coefficient (Wildman–Crippen LogP) is 3.84. The monoisotopic (exact) mass is 392 g/mol. The first-order valence-electron chi connectivity index (χ1n) is 8.59. The molecule has 2 heterocycles. The molecule has 4 rings (SSSR count). The molecule has 0 spiro atoms. The number of aryl methyl sites for hydroxylation is 1. The van der Waals surface area contributed by atoms with Gasteiger partial charge in [-0.3, -0.25) is 0 Å². The van der Waals surface area contributed by atoms with Crippen molar-refractivity contribution in [1.29, 1.82) is 0 Å². The molecule has 0 radical (unpaired) electrons. The van der Waals surface area contributed by atoms with E-state index in [0.717, 1.165) is 11.1 Å². The van der Waals surface area contributed by atoms with Crippen molar-refractivity contribution < 1.29 is 4.74 Å². The van der Waals surface area contributed by atoms with Gasteiger partial charge in [0.05, 0.1) is 5.56 Å². The maximum absolute atomic E-state index is 6.18. The van der Waals surface area contributed by atoms with Crippen LogP contribution in [0.25, 0.3) is 22.8 Å². The van der Waals surface area contributed by atoms with Crippen LogP contribution in [0.2, 0.25) is 5.02 Å². The molecule has 28 heavy (non-hydrogen) atoms. The number of benzene rings is 2. The molecule has 0 atom stereocenters. The van der Waals surface area contributed by atoms with Crippen LogP contribution in [0.1, 0.15) is 5.56 Å². The minimum Gasteiger partial charge on any atom is -0.424 e. The van der Waals surface area contributed by atoms with E-state index >= 15 is 0 Å². The van der Waals surface area contributed by atoms with Crippen LogP contribution in [0.5, 0.6) is 11.8 Å². The van der Waals surface area contributed by atoms with E-state index in [2.05, 4.69) is 20.1 Å². The van der Waals surface area contributed by atoms with Gasteiger partial charge in [-0.05, 0) is 12.1 Å². The molecule has 0 unspecified atom stereocenters. The minimum absolute atomic E-state index is 0.334. The molecule has 0 aliphatic rings. The average molecular weight is 393 g/mol. The van der Waals surface area contributed by atoms with Gasteiger partial charge in [0.1, 0.15) is 5.75 Å². The van der Waals surface area contributed by atoms with E-state index in [-0.39, 0.29) is 0 Å². The van der Waals surface area contributed by atoms with Gasteiger partial charge in [0.25, 0.3) is 0 Å². The Morgan fingerprint density at radius 1 is 1.04 bits per heavy atom. The lowest BCUT2D eigenvalue weighted by atomic mass is 10.2. The average Bonchev–Trinajstić information content (AvgIpc) is 3.09. The lowest BCUT2D eigenvalue weighted by molar-refractivity contribution is 0.416. The summed E-state index contributed by atoms with van der Waals surface area (Å²) < 4.78 is 7.61. The number of hydrogen-bond acceptors (Lipinski definition) is 6. The van der Waals surface area contributed by atoms with Crippen molar-refractivity contribution in [3.63, 3.8) is 0 Å². The van der Waals surface area contributed by atoms with Crippen molar-refractivity contribution in [3.8, 4) is 34.5 Å². The lowest BCUT2D eigenvalue weighted by Crippen LogP contribution is -2.01. The van der Waals surface area contributed by atoms with Crippen LogP contribution in [0, 0.1) is 0 Å². The number of nitrogens with zero attached hydrogens (tertiary/aromatic N) is 5. The maximum Gasteiger partial charge on any atom is 0.320 e. The van der Waals surface area contributed by atoms with Gasteiger partial charge in [-0.2, -0.15) is 4.98 Å². The Morgan fingerprint density at radius 2 is 1.79 bits per heavy atom. The summed E-state index contributed by atoms with van der Waals surface area (Å²) in [5.41, 5.74) is 8.06. The first-order valence-corrected chi connectivity index (χ1v) is 8.97. The molecule has 2 aromatic heterocycles. The second-order valence-electron chi connectivity index (χ2n) is 6.07. The Labute approximate surface area is 166 Å². The van der Waals surface area contributed by atoms with Gasteiger partial charge in [-0.15, -0.1) is 5.10 Å². The van der Waals surface area contributed by atoms with Crippen molar-refractivity contribution in [2.24, 2.45) is 12.8 Å². The van der Waals surface area contributed by atoms with Gasteiger partial charge < -0.3 is 10.5 Å². The second kappa shape index (κ2) is 7.75. The first-order chi connectivity index (χ1) is 13.6. The minimum atomic E-state index is 0.334. The highest BCUT2D eigenvalue weighted by atomic mass is 35.5. The van der Waals surface area contributed by atoms with E-state index < -0.39 is 0 Å². The first kappa shape index (κ1) is 18.1. The number of ether oxygens (including phenoxy) is 1. The van der Waals surface area contributed by atoms with Crippen LogP contribution in [0.3, 0.4) is 0 Å². The highest BCUT2D eigenvalue weighted by Crippen LogP contribution is 2.33. The smallest absolute Gasteiger partial charge is 0.320 e. The zero-order valence-electron chi connectivity index (χ0n) is 15.1. The van der Waals surface area contributed by atoms with Gasteiger partial charge in [0.2, 0.25) is 0 Å². The molecule has 0 bridgehead atoms. The fourth-order valence-corrected chi connectivity index (χ4v) is 2.79. The maximum atomic E-state index is 6.18. The van der Waals surface area contributed by atoms with Gasteiger partial charge in [0, 0.05) is 48.2 Å². The summed E-state index contributed by atoms with van der Waals surface area (Å²) in [7, 11) is 1.77. The number of nitrogens with two attached hydrogens (primary N) is 1. The Hall–Kier alpha value is -3.29. The molecule has 0 aliphatic heterocycles. The van der Waals surface area contributed by atoms with Gasteiger partial charge >= 0.3 is 6.01 Å².